The number of nitrogens with zero attached hydrogens (tertiary/aromatic N) is 3. The average Bonchev–Trinajstić information content (AvgIpc) is 3.28. The summed E-state index contributed by atoms with van der Waals surface area (Å²) < 4.78 is 0. The van der Waals surface area contributed by atoms with Gasteiger partial charge in [0.2, 0.25) is 0 Å². The van der Waals surface area contributed by atoms with E-state index >= 15 is 0 Å². The second-order valence-electron chi connectivity index (χ2n) is 14.9. The Morgan fingerprint density at radius 3 is 1.56 bits per heavy atom. The summed E-state index contributed by atoms with van der Waals surface area (Å²) in [5, 5.41) is 12.2. The molecule has 0 aliphatic carbocycles. The molecule has 10 aromatic carbocycles. The molecule has 0 N–H and O–H groups in total. The van der Waals surface area contributed by atoms with Crippen molar-refractivity contribution < 1.29 is 0 Å². The van der Waals surface area contributed by atoms with Crippen LogP contribution in [0, 0.1) is 0 Å². The minimum absolute atomic E-state index is 0.330. The zero-order chi connectivity index (χ0) is 37.9. The molecule has 1 aliphatic rings. The van der Waals surface area contributed by atoms with E-state index in [1.165, 1.54) is 76.1 Å². The first-order chi connectivity index (χ1) is 28.2. The van der Waals surface area contributed by atoms with E-state index in [9.17, 15) is 0 Å². The molecule has 0 radical (unpaired) electrons. The first kappa shape index (κ1) is 33.0. The van der Waals surface area contributed by atoms with Crippen molar-refractivity contribution in [1.82, 2.24) is 4.90 Å². The SMILES string of the molecule is CN1C(c2cc3ccccc3c3ccccc23)=NC(c2ccccc2)=NC1c1ccc2c(-c3cccc4ccccc34)ccc(-c3cccc4ccccc34)c2c1. The number of benzene rings is 10. The topological polar surface area (TPSA) is 28.0 Å². The number of fused-ring (bicyclic) bond motifs is 6. The van der Waals surface area contributed by atoms with Crippen LogP contribution in [-0.2, 0) is 0 Å². The van der Waals surface area contributed by atoms with Crippen molar-refractivity contribution in [3.63, 3.8) is 0 Å². The van der Waals surface area contributed by atoms with Crippen molar-refractivity contribution in [3.8, 4) is 22.3 Å². The minimum Gasteiger partial charge on any atom is -0.333 e. The van der Waals surface area contributed by atoms with Crippen LogP contribution >= 0.6 is 0 Å². The first-order valence-electron chi connectivity index (χ1n) is 19.6. The molecular formula is C54H37N3. The monoisotopic (exact) mass is 727 g/mol. The Hall–Kier alpha value is -7.36. The summed E-state index contributed by atoms with van der Waals surface area (Å²) in [6, 6.07) is 72.3. The van der Waals surface area contributed by atoms with Crippen LogP contribution in [0.3, 0.4) is 0 Å². The maximum absolute atomic E-state index is 5.46. The third-order valence-electron chi connectivity index (χ3n) is 11.7. The normalized spacial score (nSPS) is 14.4. The van der Waals surface area contributed by atoms with Crippen molar-refractivity contribution in [2.45, 2.75) is 6.17 Å². The summed E-state index contributed by atoms with van der Waals surface area (Å²) in [7, 11) is 2.14. The van der Waals surface area contributed by atoms with Gasteiger partial charge >= 0.3 is 0 Å². The molecule has 1 atom stereocenters. The molecule has 0 aromatic heterocycles. The molecule has 3 heteroatoms. The lowest BCUT2D eigenvalue weighted by atomic mass is 9.87. The maximum Gasteiger partial charge on any atom is 0.159 e. The Labute approximate surface area is 331 Å². The summed E-state index contributed by atoms with van der Waals surface area (Å²) in [6.07, 6.45) is -0.330. The smallest absolute Gasteiger partial charge is 0.159 e. The molecular weight excluding hydrogens is 691 g/mol. The van der Waals surface area contributed by atoms with Gasteiger partial charge in [0.15, 0.2) is 12.0 Å². The van der Waals surface area contributed by atoms with E-state index in [4.69, 9.17) is 9.98 Å². The van der Waals surface area contributed by atoms with E-state index in [-0.39, 0.29) is 6.17 Å². The molecule has 3 nitrogen and oxygen atoms in total. The molecule has 1 heterocycles. The van der Waals surface area contributed by atoms with Gasteiger partial charge in [0.1, 0.15) is 5.84 Å². The van der Waals surface area contributed by atoms with Crippen LogP contribution in [0.2, 0.25) is 0 Å². The van der Waals surface area contributed by atoms with E-state index in [2.05, 4.69) is 206 Å². The summed E-state index contributed by atoms with van der Waals surface area (Å²) in [5.74, 6) is 1.62. The first-order valence-corrected chi connectivity index (χ1v) is 19.6. The summed E-state index contributed by atoms with van der Waals surface area (Å²) in [4.78, 5) is 13.1. The molecule has 57 heavy (non-hydrogen) atoms. The Balaban J connectivity index is 1.15. The van der Waals surface area contributed by atoms with Gasteiger partial charge in [-0.25, -0.2) is 9.98 Å². The van der Waals surface area contributed by atoms with Gasteiger partial charge in [-0.15, -0.1) is 0 Å². The fourth-order valence-corrected chi connectivity index (χ4v) is 8.96. The van der Waals surface area contributed by atoms with Gasteiger partial charge < -0.3 is 4.90 Å². The van der Waals surface area contributed by atoms with E-state index < -0.39 is 0 Å². The summed E-state index contributed by atoms with van der Waals surface area (Å²) in [5.41, 5.74) is 8.06. The lowest BCUT2D eigenvalue weighted by Gasteiger charge is -2.33. The molecule has 0 amide bonds. The van der Waals surface area contributed by atoms with E-state index in [1.807, 2.05) is 6.07 Å². The Bertz CT molecular complexity index is 3260. The molecule has 0 fully saturated rings. The zero-order valence-electron chi connectivity index (χ0n) is 31.5. The van der Waals surface area contributed by atoms with Crippen LogP contribution in [0.25, 0.3) is 76.1 Å². The van der Waals surface area contributed by atoms with Gasteiger partial charge in [0.25, 0.3) is 0 Å². The highest BCUT2D eigenvalue weighted by Crippen LogP contribution is 2.42. The van der Waals surface area contributed by atoms with Crippen LogP contribution in [0.15, 0.2) is 210 Å². The molecule has 0 bridgehead atoms. The van der Waals surface area contributed by atoms with E-state index in [0.717, 1.165) is 28.4 Å². The van der Waals surface area contributed by atoms with Crippen LogP contribution in [0.5, 0.6) is 0 Å². The van der Waals surface area contributed by atoms with E-state index in [1.54, 1.807) is 0 Å². The minimum atomic E-state index is -0.330. The van der Waals surface area contributed by atoms with Crippen LogP contribution in [0.4, 0.5) is 0 Å². The van der Waals surface area contributed by atoms with Crippen molar-refractivity contribution in [1.29, 1.82) is 0 Å². The number of aliphatic imine (C=N–C) groups is 2. The second kappa shape index (κ2) is 13.4. The Morgan fingerprint density at radius 2 is 0.877 bits per heavy atom. The fourth-order valence-electron chi connectivity index (χ4n) is 8.96. The molecule has 1 aliphatic heterocycles. The van der Waals surface area contributed by atoms with Gasteiger partial charge in [0, 0.05) is 18.2 Å². The highest BCUT2D eigenvalue weighted by Gasteiger charge is 2.29. The van der Waals surface area contributed by atoms with Crippen LogP contribution < -0.4 is 0 Å². The third kappa shape index (κ3) is 5.50. The van der Waals surface area contributed by atoms with E-state index in [0.29, 0.717) is 0 Å². The van der Waals surface area contributed by atoms with Gasteiger partial charge in [-0.1, -0.05) is 188 Å². The molecule has 0 saturated carbocycles. The molecule has 11 rings (SSSR count). The number of hydrogen-bond acceptors (Lipinski definition) is 3. The molecule has 0 spiro atoms. The maximum atomic E-state index is 5.46. The van der Waals surface area contributed by atoms with Crippen LogP contribution in [-0.4, -0.2) is 23.6 Å². The summed E-state index contributed by atoms with van der Waals surface area (Å²) in [6.45, 7) is 0. The average molecular weight is 728 g/mol. The Morgan fingerprint density at radius 1 is 0.368 bits per heavy atom. The molecule has 1 unspecified atom stereocenters. The molecule has 10 aromatic rings. The van der Waals surface area contributed by atoms with Crippen molar-refractivity contribution in [3.05, 3.63) is 217 Å². The Kier molecular flexibility index (Phi) is 7.78. The number of hydrogen-bond donors (Lipinski definition) is 0. The van der Waals surface area contributed by atoms with Gasteiger partial charge in [0.05, 0.1) is 0 Å². The van der Waals surface area contributed by atoms with Gasteiger partial charge in [-0.2, -0.15) is 0 Å². The molecule has 0 saturated heterocycles. The van der Waals surface area contributed by atoms with Crippen molar-refractivity contribution in [2.75, 3.05) is 7.05 Å². The quantitative estimate of drug-likeness (QED) is 0.162. The lowest BCUT2D eigenvalue weighted by molar-refractivity contribution is 0.383. The molecule has 268 valence electrons. The lowest BCUT2D eigenvalue weighted by Crippen LogP contribution is -2.35. The predicted molar refractivity (Wildman–Crippen MR) is 241 cm³/mol. The summed E-state index contributed by atoms with van der Waals surface area (Å²) >= 11 is 0. The largest absolute Gasteiger partial charge is 0.333 e. The van der Waals surface area contributed by atoms with Gasteiger partial charge in [-0.3, -0.25) is 0 Å². The van der Waals surface area contributed by atoms with Crippen molar-refractivity contribution in [2.24, 2.45) is 9.98 Å². The second-order valence-corrected chi connectivity index (χ2v) is 14.9. The zero-order valence-corrected chi connectivity index (χ0v) is 31.5. The number of amidine groups is 2. The third-order valence-corrected chi connectivity index (χ3v) is 11.7. The van der Waals surface area contributed by atoms with Crippen molar-refractivity contribution >= 4 is 65.5 Å². The number of rotatable bonds is 5. The standard InChI is InChI=1S/C54H37N3/c1-57-53(55-52(37-17-3-2-4-18-37)56-54(57)51-33-38-19-7-10-24-42(38)43-25-11-12-26-46(43)51)39-29-30-48-47(44-27-13-20-35-15-5-8-22-40(35)44)31-32-49(50(48)34-39)45-28-14-21-36-16-6-9-23-41(36)45/h2-34,53H,1H3. The predicted octanol–water partition coefficient (Wildman–Crippen LogP) is 13.6. The highest BCUT2D eigenvalue weighted by atomic mass is 15.3. The highest BCUT2D eigenvalue weighted by molar-refractivity contribution is 6.22. The fraction of sp³-hybridized carbons (Fsp3) is 0.0370. The van der Waals surface area contributed by atoms with Gasteiger partial charge in [-0.05, 0) is 93.8 Å². The van der Waals surface area contributed by atoms with Crippen LogP contribution in [0.1, 0.15) is 22.9 Å².